The van der Waals surface area contributed by atoms with Gasteiger partial charge in [0.1, 0.15) is 11.6 Å². The first-order valence-electron chi connectivity index (χ1n) is 6.50. The van der Waals surface area contributed by atoms with E-state index in [9.17, 15) is 4.79 Å². The van der Waals surface area contributed by atoms with Crippen LogP contribution in [-0.2, 0) is 9.53 Å². The maximum absolute atomic E-state index is 11.8. The molecular weight excluding hydrogens is 252 g/mol. The molecule has 0 saturated carbocycles. The zero-order valence-electron chi connectivity index (χ0n) is 12.4. The van der Waals surface area contributed by atoms with Crippen molar-refractivity contribution in [2.24, 2.45) is 5.92 Å². The van der Waals surface area contributed by atoms with Gasteiger partial charge < -0.3 is 9.64 Å². The number of nitriles is 1. The van der Waals surface area contributed by atoms with E-state index < -0.39 is 5.97 Å². The summed E-state index contributed by atoms with van der Waals surface area (Å²) in [5.74, 6) is -0.326. The minimum atomic E-state index is -0.573. The molecule has 20 heavy (non-hydrogen) atoms. The fourth-order valence-electron chi connectivity index (χ4n) is 1.52. The van der Waals surface area contributed by atoms with Crippen LogP contribution in [0.4, 0.5) is 5.69 Å². The van der Waals surface area contributed by atoms with Gasteiger partial charge >= 0.3 is 5.97 Å². The normalized spacial score (nSPS) is 11.1. The van der Waals surface area contributed by atoms with Gasteiger partial charge in [0.05, 0.1) is 6.61 Å². The lowest BCUT2D eigenvalue weighted by molar-refractivity contribution is -0.139. The van der Waals surface area contributed by atoms with Crippen molar-refractivity contribution in [3.05, 3.63) is 35.4 Å². The number of carbonyl (C=O) groups excluding carboxylic acids is 1. The molecule has 0 aliphatic heterocycles. The Labute approximate surface area is 120 Å². The fraction of sp³-hybridized carbons (Fsp3) is 0.375. The number of benzene rings is 1. The Balaban J connectivity index is 2.92. The lowest BCUT2D eigenvalue weighted by Crippen LogP contribution is -2.11. The summed E-state index contributed by atoms with van der Waals surface area (Å²) >= 11 is 0. The van der Waals surface area contributed by atoms with Gasteiger partial charge in [0, 0.05) is 19.8 Å². The van der Waals surface area contributed by atoms with Crippen LogP contribution in [-0.4, -0.2) is 26.7 Å². The van der Waals surface area contributed by atoms with Crippen LogP contribution < -0.4 is 4.90 Å². The molecule has 106 valence electrons. The second kappa shape index (κ2) is 7.34. The van der Waals surface area contributed by atoms with Gasteiger partial charge in [-0.15, -0.1) is 0 Å². The highest BCUT2D eigenvalue weighted by Gasteiger charge is 2.11. The van der Waals surface area contributed by atoms with Gasteiger partial charge in [-0.3, -0.25) is 0 Å². The van der Waals surface area contributed by atoms with Gasteiger partial charge in [0.25, 0.3) is 0 Å². The predicted octanol–water partition coefficient (Wildman–Crippen LogP) is 2.86. The molecule has 0 atom stereocenters. The van der Waals surface area contributed by atoms with Crippen molar-refractivity contribution in [2.45, 2.75) is 13.8 Å². The highest BCUT2D eigenvalue weighted by Crippen LogP contribution is 2.16. The number of hydrogen-bond acceptors (Lipinski definition) is 4. The number of anilines is 1. The topological polar surface area (TPSA) is 53.3 Å². The Bertz CT molecular complexity index is 540. The molecule has 0 bridgehead atoms. The molecule has 1 aromatic carbocycles. The van der Waals surface area contributed by atoms with Crippen LogP contribution in [0.15, 0.2) is 29.8 Å². The molecular formula is C16H20N2O2. The molecule has 0 amide bonds. The van der Waals surface area contributed by atoms with Crippen LogP contribution in [0.5, 0.6) is 0 Å². The van der Waals surface area contributed by atoms with Crippen molar-refractivity contribution in [3.8, 4) is 6.07 Å². The van der Waals surface area contributed by atoms with Gasteiger partial charge in [0.15, 0.2) is 0 Å². The van der Waals surface area contributed by atoms with Crippen LogP contribution in [0, 0.1) is 17.2 Å². The lowest BCUT2D eigenvalue weighted by atomic mass is 10.1. The Hall–Kier alpha value is -2.28. The summed E-state index contributed by atoms with van der Waals surface area (Å²) in [7, 11) is 3.87. The van der Waals surface area contributed by atoms with Crippen LogP contribution in [0.2, 0.25) is 0 Å². The fourth-order valence-corrected chi connectivity index (χ4v) is 1.52. The van der Waals surface area contributed by atoms with E-state index in [-0.39, 0.29) is 11.5 Å². The minimum absolute atomic E-state index is 0.0153. The standard InChI is InChI=1S/C16H20N2O2/c1-12(2)11-20-16(19)14(10-17)8-13-6-5-7-15(9-13)18(3)4/h5-9,12H,11H2,1-4H3. The highest BCUT2D eigenvalue weighted by atomic mass is 16.5. The Morgan fingerprint density at radius 2 is 2.15 bits per heavy atom. The monoisotopic (exact) mass is 272 g/mol. The highest BCUT2D eigenvalue weighted by molar-refractivity contribution is 5.98. The smallest absolute Gasteiger partial charge is 0.348 e. The molecule has 0 aromatic heterocycles. The summed E-state index contributed by atoms with van der Waals surface area (Å²) in [6, 6.07) is 9.50. The van der Waals surface area contributed by atoms with E-state index in [1.165, 1.54) is 0 Å². The Morgan fingerprint density at radius 3 is 2.70 bits per heavy atom. The SMILES string of the molecule is CC(C)COC(=O)C(C#N)=Cc1cccc(N(C)C)c1. The molecule has 0 N–H and O–H groups in total. The first kappa shape index (κ1) is 15.8. The van der Waals surface area contributed by atoms with Crippen molar-refractivity contribution in [1.29, 1.82) is 5.26 Å². The summed E-state index contributed by atoms with van der Waals surface area (Å²) in [5, 5.41) is 9.07. The minimum Gasteiger partial charge on any atom is -0.461 e. The van der Waals surface area contributed by atoms with Crippen molar-refractivity contribution in [1.82, 2.24) is 0 Å². The molecule has 0 saturated heterocycles. The third-order valence-electron chi connectivity index (χ3n) is 2.59. The molecule has 1 aromatic rings. The molecule has 4 heteroatoms. The van der Waals surface area contributed by atoms with Crippen molar-refractivity contribution in [3.63, 3.8) is 0 Å². The van der Waals surface area contributed by atoms with E-state index in [0.717, 1.165) is 11.3 Å². The van der Waals surface area contributed by atoms with Crippen LogP contribution in [0.25, 0.3) is 6.08 Å². The quantitative estimate of drug-likeness (QED) is 0.470. The largest absolute Gasteiger partial charge is 0.461 e. The molecule has 0 aliphatic carbocycles. The second-order valence-electron chi connectivity index (χ2n) is 5.15. The molecule has 0 fully saturated rings. The second-order valence-corrected chi connectivity index (χ2v) is 5.15. The number of rotatable bonds is 5. The van der Waals surface area contributed by atoms with Crippen molar-refractivity contribution >= 4 is 17.7 Å². The number of hydrogen-bond donors (Lipinski definition) is 0. The van der Waals surface area contributed by atoms with E-state index in [2.05, 4.69) is 0 Å². The van der Waals surface area contributed by atoms with Crippen LogP contribution in [0.3, 0.4) is 0 Å². The van der Waals surface area contributed by atoms with Crippen LogP contribution >= 0.6 is 0 Å². The Kier molecular flexibility index (Phi) is 5.79. The number of carbonyl (C=O) groups is 1. The summed E-state index contributed by atoms with van der Waals surface area (Å²) in [4.78, 5) is 13.7. The molecule has 0 spiro atoms. The third kappa shape index (κ3) is 4.77. The molecule has 0 unspecified atom stereocenters. The number of esters is 1. The van der Waals surface area contributed by atoms with E-state index in [0.29, 0.717) is 6.61 Å². The molecule has 1 rings (SSSR count). The maximum atomic E-state index is 11.8. The Morgan fingerprint density at radius 1 is 1.45 bits per heavy atom. The zero-order chi connectivity index (χ0) is 15.1. The zero-order valence-corrected chi connectivity index (χ0v) is 12.4. The van der Waals surface area contributed by atoms with Gasteiger partial charge in [0.2, 0.25) is 0 Å². The molecule has 0 heterocycles. The first-order valence-corrected chi connectivity index (χ1v) is 6.50. The van der Waals surface area contributed by atoms with Gasteiger partial charge in [-0.05, 0) is 29.7 Å². The maximum Gasteiger partial charge on any atom is 0.348 e. The summed E-state index contributed by atoms with van der Waals surface area (Å²) in [6.07, 6.45) is 1.55. The third-order valence-corrected chi connectivity index (χ3v) is 2.59. The molecule has 4 nitrogen and oxygen atoms in total. The summed E-state index contributed by atoms with van der Waals surface area (Å²) in [6.45, 7) is 4.21. The van der Waals surface area contributed by atoms with Crippen molar-refractivity contribution in [2.75, 3.05) is 25.6 Å². The number of ether oxygens (including phenoxy) is 1. The molecule has 0 radical (unpaired) electrons. The van der Waals surface area contributed by atoms with E-state index in [1.807, 2.05) is 63.2 Å². The van der Waals surface area contributed by atoms with Gasteiger partial charge in [-0.25, -0.2) is 4.79 Å². The van der Waals surface area contributed by atoms with E-state index in [4.69, 9.17) is 10.00 Å². The number of nitrogens with zero attached hydrogens (tertiary/aromatic N) is 2. The van der Waals surface area contributed by atoms with E-state index >= 15 is 0 Å². The van der Waals surface area contributed by atoms with Gasteiger partial charge in [-0.1, -0.05) is 26.0 Å². The predicted molar refractivity (Wildman–Crippen MR) is 80.2 cm³/mol. The average Bonchev–Trinajstić information content (AvgIpc) is 2.42. The van der Waals surface area contributed by atoms with Gasteiger partial charge in [-0.2, -0.15) is 5.26 Å². The summed E-state index contributed by atoms with van der Waals surface area (Å²) in [5.41, 5.74) is 1.82. The van der Waals surface area contributed by atoms with Crippen LogP contribution in [0.1, 0.15) is 19.4 Å². The summed E-state index contributed by atoms with van der Waals surface area (Å²) < 4.78 is 5.07. The van der Waals surface area contributed by atoms with Crippen molar-refractivity contribution < 1.29 is 9.53 Å². The van der Waals surface area contributed by atoms with E-state index in [1.54, 1.807) is 6.08 Å². The lowest BCUT2D eigenvalue weighted by Gasteiger charge is -2.12. The molecule has 0 aliphatic rings. The average molecular weight is 272 g/mol. The first-order chi connectivity index (χ1) is 9.43.